The Bertz CT molecular complexity index is 238. The number of likely N-dealkylation sites (N-methyl/N-ethyl adjacent to an activating group) is 1. The Morgan fingerprint density at radius 1 is 1.35 bits per heavy atom. The van der Waals surface area contributed by atoms with E-state index in [4.69, 9.17) is 4.74 Å². The van der Waals surface area contributed by atoms with Crippen LogP contribution in [0.1, 0.15) is 20.8 Å². The van der Waals surface area contributed by atoms with Crippen LogP contribution in [0.15, 0.2) is 0 Å². The van der Waals surface area contributed by atoms with Crippen LogP contribution >= 0.6 is 0 Å². The molecule has 0 aromatic carbocycles. The summed E-state index contributed by atoms with van der Waals surface area (Å²) in [5.74, 6) is 0.0626. The van der Waals surface area contributed by atoms with E-state index in [2.05, 4.69) is 15.5 Å². The first-order valence-corrected chi connectivity index (χ1v) is 6.39. The third-order valence-electron chi connectivity index (χ3n) is 3.00. The van der Waals surface area contributed by atoms with Crippen LogP contribution in [0.5, 0.6) is 0 Å². The third kappa shape index (κ3) is 5.02. The van der Waals surface area contributed by atoms with Gasteiger partial charge in [0.1, 0.15) is 0 Å². The third-order valence-corrected chi connectivity index (χ3v) is 3.00. The van der Waals surface area contributed by atoms with Gasteiger partial charge in [-0.1, -0.05) is 6.92 Å². The molecule has 0 unspecified atom stereocenters. The van der Waals surface area contributed by atoms with Crippen LogP contribution in [0.25, 0.3) is 0 Å². The molecule has 0 aliphatic carbocycles. The van der Waals surface area contributed by atoms with Crippen molar-refractivity contribution in [2.75, 3.05) is 45.9 Å². The van der Waals surface area contributed by atoms with Gasteiger partial charge in [-0.05, 0) is 20.4 Å². The highest BCUT2D eigenvalue weighted by Crippen LogP contribution is 2.01. The number of amides is 1. The van der Waals surface area contributed by atoms with E-state index in [1.54, 1.807) is 0 Å². The minimum absolute atomic E-state index is 0.0626. The summed E-state index contributed by atoms with van der Waals surface area (Å²) in [4.78, 5) is 14.2. The van der Waals surface area contributed by atoms with E-state index in [-0.39, 0.29) is 5.91 Å². The molecule has 1 saturated heterocycles. The highest BCUT2D eigenvalue weighted by molar-refractivity contribution is 5.85. The fourth-order valence-electron chi connectivity index (χ4n) is 1.90. The molecule has 1 aliphatic heterocycles. The molecule has 17 heavy (non-hydrogen) atoms. The molecule has 1 amide bonds. The van der Waals surface area contributed by atoms with Gasteiger partial charge in [-0.3, -0.25) is 9.69 Å². The van der Waals surface area contributed by atoms with Gasteiger partial charge >= 0.3 is 0 Å². The van der Waals surface area contributed by atoms with Crippen molar-refractivity contribution in [2.45, 2.75) is 26.3 Å². The molecule has 1 aliphatic rings. The number of nitrogens with one attached hydrogen (secondary N) is 2. The highest BCUT2D eigenvalue weighted by Gasteiger charge is 2.25. The number of ether oxygens (including phenoxy) is 1. The Kier molecular flexibility index (Phi) is 5.88. The van der Waals surface area contributed by atoms with Gasteiger partial charge in [-0.25, -0.2) is 0 Å². The van der Waals surface area contributed by atoms with Crippen molar-refractivity contribution < 1.29 is 9.53 Å². The predicted octanol–water partition coefficient (Wildman–Crippen LogP) is -0.177. The maximum absolute atomic E-state index is 11.9. The Morgan fingerprint density at radius 2 is 2.00 bits per heavy atom. The van der Waals surface area contributed by atoms with Crippen molar-refractivity contribution in [3.8, 4) is 0 Å². The minimum Gasteiger partial charge on any atom is -0.379 e. The van der Waals surface area contributed by atoms with Crippen LogP contribution in [-0.2, 0) is 9.53 Å². The minimum atomic E-state index is -0.486. The number of rotatable bonds is 6. The van der Waals surface area contributed by atoms with E-state index in [1.165, 1.54) is 0 Å². The molecular formula is C12H25N3O2. The van der Waals surface area contributed by atoms with E-state index in [9.17, 15) is 4.79 Å². The van der Waals surface area contributed by atoms with Crippen LogP contribution in [0, 0.1) is 0 Å². The summed E-state index contributed by atoms with van der Waals surface area (Å²) in [6.45, 7) is 11.7. The Hall–Kier alpha value is -0.650. The molecule has 0 aromatic rings. The van der Waals surface area contributed by atoms with Crippen LogP contribution in [0.3, 0.4) is 0 Å². The maximum Gasteiger partial charge on any atom is 0.239 e. The zero-order valence-electron chi connectivity index (χ0n) is 11.2. The first-order chi connectivity index (χ1) is 8.06. The quantitative estimate of drug-likeness (QED) is 0.680. The molecule has 2 N–H and O–H groups in total. The largest absolute Gasteiger partial charge is 0.379 e. The van der Waals surface area contributed by atoms with Crippen molar-refractivity contribution in [1.29, 1.82) is 0 Å². The molecule has 0 bridgehead atoms. The van der Waals surface area contributed by atoms with E-state index >= 15 is 0 Å². The highest BCUT2D eigenvalue weighted by atomic mass is 16.5. The Morgan fingerprint density at radius 3 is 2.59 bits per heavy atom. The smallest absolute Gasteiger partial charge is 0.239 e. The zero-order valence-corrected chi connectivity index (χ0v) is 11.2. The molecule has 0 atom stereocenters. The van der Waals surface area contributed by atoms with Crippen molar-refractivity contribution in [3.63, 3.8) is 0 Å². The number of nitrogens with zero attached hydrogens (tertiary/aromatic N) is 1. The fraction of sp³-hybridized carbons (Fsp3) is 0.917. The molecule has 1 heterocycles. The topological polar surface area (TPSA) is 53.6 Å². The predicted molar refractivity (Wildman–Crippen MR) is 68.0 cm³/mol. The van der Waals surface area contributed by atoms with Gasteiger partial charge in [0.05, 0.1) is 18.8 Å². The van der Waals surface area contributed by atoms with E-state index in [0.717, 1.165) is 39.4 Å². The van der Waals surface area contributed by atoms with E-state index < -0.39 is 5.54 Å². The van der Waals surface area contributed by atoms with Crippen LogP contribution in [-0.4, -0.2) is 62.3 Å². The summed E-state index contributed by atoms with van der Waals surface area (Å²) < 4.78 is 5.27. The van der Waals surface area contributed by atoms with Gasteiger partial charge < -0.3 is 15.4 Å². The molecular weight excluding hydrogens is 218 g/mol. The monoisotopic (exact) mass is 243 g/mol. The SMILES string of the molecule is CCNC(C)(C)C(=O)NCCN1CCOCC1. The van der Waals surface area contributed by atoms with Gasteiger partial charge in [0, 0.05) is 26.2 Å². The normalized spacial score (nSPS) is 18.1. The summed E-state index contributed by atoms with van der Waals surface area (Å²) in [5.41, 5.74) is -0.486. The molecule has 5 nitrogen and oxygen atoms in total. The lowest BCUT2D eigenvalue weighted by Crippen LogP contribution is -2.53. The standard InChI is InChI=1S/C12H25N3O2/c1-4-14-12(2,3)11(16)13-5-6-15-7-9-17-10-8-15/h14H,4-10H2,1-3H3,(H,13,16). The summed E-state index contributed by atoms with van der Waals surface area (Å²) in [6.07, 6.45) is 0. The lowest BCUT2D eigenvalue weighted by molar-refractivity contribution is -0.126. The van der Waals surface area contributed by atoms with Gasteiger partial charge in [0.2, 0.25) is 5.91 Å². The molecule has 0 spiro atoms. The van der Waals surface area contributed by atoms with E-state index in [0.29, 0.717) is 6.54 Å². The summed E-state index contributed by atoms with van der Waals surface area (Å²) in [7, 11) is 0. The number of carbonyl (C=O) groups excluding carboxylic acids is 1. The van der Waals surface area contributed by atoms with Crippen molar-refractivity contribution >= 4 is 5.91 Å². The van der Waals surface area contributed by atoms with E-state index in [1.807, 2.05) is 20.8 Å². The molecule has 5 heteroatoms. The van der Waals surface area contributed by atoms with Gasteiger partial charge in [-0.15, -0.1) is 0 Å². The second kappa shape index (κ2) is 6.93. The summed E-state index contributed by atoms with van der Waals surface area (Å²) in [6, 6.07) is 0. The Labute approximate surface area is 104 Å². The molecule has 0 saturated carbocycles. The van der Waals surface area contributed by atoms with Crippen molar-refractivity contribution in [2.24, 2.45) is 0 Å². The fourth-order valence-corrected chi connectivity index (χ4v) is 1.90. The lowest BCUT2D eigenvalue weighted by Gasteiger charge is -2.28. The lowest BCUT2D eigenvalue weighted by atomic mass is 10.0. The molecule has 0 aromatic heterocycles. The second-order valence-electron chi connectivity index (χ2n) is 4.87. The number of morpholine rings is 1. The average Bonchev–Trinajstić information content (AvgIpc) is 2.30. The van der Waals surface area contributed by atoms with Gasteiger partial charge in [-0.2, -0.15) is 0 Å². The average molecular weight is 243 g/mol. The first kappa shape index (κ1) is 14.4. The molecule has 1 fully saturated rings. The molecule has 0 radical (unpaired) electrons. The maximum atomic E-state index is 11.9. The summed E-state index contributed by atoms with van der Waals surface area (Å²) >= 11 is 0. The molecule has 1 rings (SSSR count). The Balaban J connectivity index is 2.18. The van der Waals surface area contributed by atoms with Crippen LogP contribution in [0.2, 0.25) is 0 Å². The van der Waals surface area contributed by atoms with Crippen molar-refractivity contribution in [3.05, 3.63) is 0 Å². The van der Waals surface area contributed by atoms with Gasteiger partial charge in [0.15, 0.2) is 0 Å². The number of carbonyl (C=O) groups is 1. The first-order valence-electron chi connectivity index (χ1n) is 6.39. The van der Waals surface area contributed by atoms with Crippen molar-refractivity contribution in [1.82, 2.24) is 15.5 Å². The zero-order chi connectivity index (χ0) is 12.7. The molecule has 100 valence electrons. The number of hydrogen-bond donors (Lipinski definition) is 2. The van der Waals surface area contributed by atoms with Crippen LogP contribution < -0.4 is 10.6 Å². The number of hydrogen-bond acceptors (Lipinski definition) is 4. The summed E-state index contributed by atoms with van der Waals surface area (Å²) in [5, 5.41) is 6.14. The van der Waals surface area contributed by atoms with Crippen LogP contribution in [0.4, 0.5) is 0 Å². The second-order valence-corrected chi connectivity index (χ2v) is 4.87. The van der Waals surface area contributed by atoms with Gasteiger partial charge in [0.25, 0.3) is 0 Å².